The highest BCUT2D eigenvalue weighted by molar-refractivity contribution is 7.10. The average Bonchev–Trinajstić information content (AvgIpc) is 2.64. The molecule has 1 aliphatic rings. The fourth-order valence-electron chi connectivity index (χ4n) is 2.33. The molecule has 1 aromatic heterocycles. The van der Waals surface area contributed by atoms with Gasteiger partial charge in [0, 0.05) is 24.5 Å². The molecule has 0 N–H and O–H groups in total. The molecule has 1 aliphatic heterocycles. The number of hydrogen-bond donors (Lipinski definition) is 0. The predicted octanol–water partition coefficient (Wildman–Crippen LogP) is 2.92. The topological polar surface area (TPSA) is 12.5 Å². The minimum absolute atomic E-state index is 0.370. The first-order valence-corrected chi connectivity index (χ1v) is 6.99. The van der Waals surface area contributed by atoms with E-state index in [-0.39, 0.29) is 0 Å². The minimum Gasteiger partial charge on any atom is -0.373 e. The molecule has 2 atom stereocenters. The number of hydrogen-bond acceptors (Lipinski definition) is 3. The second kappa shape index (κ2) is 5.30. The highest BCUT2D eigenvalue weighted by Gasteiger charge is 2.22. The molecule has 0 aliphatic carbocycles. The summed E-state index contributed by atoms with van der Waals surface area (Å²) in [6.45, 7) is 9.74. The van der Waals surface area contributed by atoms with Gasteiger partial charge in [-0.05, 0) is 37.3 Å². The smallest absolute Gasteiger partial charge is 0.0678 e. The van der Waals surface area contributed by atoms with E-state index < -0.39 is 0 Å². The second-order valence-electron chi connectivity index (χ2n) is 4.73. The lowest BCUT2D eigenvalue weighted by Crippen LogP contribution is -2.44. The Hall–Kier alpha value is -0.380. The summed E-state index contributed by atoms with van der Waals surface area (Å²) in [6.07, 6.45) is 1.88. The molecule has 2 rings (SSSR count). The monoisotopic (exact) mass is 239 g/mol. The molecule has 2 unspecified atom stereocenters. The van der Waals surface area contributed by atoms with Crippen LogP contribution in [0.15, 0.2) is 11.4 Å². The molecule has 1 saturated heterocycles. The van der Waals surface area contributed by atoms with Gasteiger partial charge < -0.3 is 4.74 Å². The molecule has 0 amide bonds. The first-order valence-electron chi connectivity index (χ1n) is 6.11. The van der Waals surface area contributed by atoms with Crippen LogP contribution in [0.3, 0.4) is 0 Å². The lowest BCUT2D eigenvalue weighted by Gasteiger charge is -2.34. The fourth-order valence-corrected chi connectivity index (χ4v) is 3.34. The highest BCUT2D eigenvalue weighted by atomic mass is 32.1. The zero-order valence-electron chi connectivity index (χ0n) is 10.4. The zero-order chi connectivity index (χ0) is 11.5. The summed E-state index contributed by atoms with van der Waals surface area (Å²) in [5.41, 5.74) is 1.47. The van der Waals surface area contributed by atoms with Gasteiger partial charge >= 0.3 is 0 Å². The number of thiophene rings is 1. The van der Waals surface area contributed by atoms with Gasteiger partial charge in [0.2, 0.25) is 0 Å². The molecule has 0 radical (unpaired) electrons. The Labute approximate surface area is 102 Å². The summed E-state index contributed by atoms with van der Waals surface area (Å²) in [7, 11) is 0. The van der Waals surface area contributed by atoms with Gasteiger partial charge in [-0.25, -0.2) is 0 Å². The van der Waals surface area contributed by atoms with Crippen LogP contribution < -0.4 is 0 Å². The Kier molecular flexibility index (Phi) is 4.00. The Morgan fingerprint density at radius 3 is 2.62 bits per heavy atom. The third-order valence-electron chi connectivity index (χ3n) is 2.99. The number of morpholine rings is 1. The van der Waals surface area contributed by atoms with Crippen LogP contribution in [0.5, 0.6) is 0 Å². The largest absolute Gasteiger partial charge is 0.373 e. The summed E-state index contributed by atoms with van der Waals surface area (Å²) >= 11 is 1.89. The van der Waals surface area contributed by atoms with Gasteiger partial charge in [-0.3, -0.25) is 4.90 Å². The summed E-state index contributed by atoms with van der Waals surface area (Å²) < 4.78 is 5.74. The third-order valence-corrected chi connectivity index (χ3v) is 3.96. The maximum atomic E-state index is 5.74. The quantitative estimate of drug-likeness (QED) is 0.804. The van der Waals surface area contributed by atoms with E-state index in [1.807, 2.05) is 11.3 Å². The summed E-state index contributed by atoms with van der Waals surface area (Å²) in [4.78, 5) is 3.99. The van der Waals surface area contributed by atoms with E-state index in [1.165, 1.54) is 10.4 Å². The first kappa shape index (κ1) is 12.1. The molecule has 0 saturated carbocycles. The molecule has 2 nitrogen and oxygen atoms in total. The molecule has 1 aromatic rings. The van der Waals surface area contributed by atoms with Crippen LogP contribution in [0.4, 0.5) is 0 Å². The van der Waals surface area contributed by atoms with Crippen molar-refractivity contribution in [3.8, 4) is 0 Å². The van der Waals surface area contributed by atoms with Crippen LogP contribution in [-0.4, -0.2) is 30.2 Å². The van der Waals surface area contributed by atoms with Crippen molar-refractivity contribution in [3.63, 3.8) is 0 Å². The van der Waals surface area contributed by atoms with Gasteiger partial charge in [-0.2, -0.15) is 0 Å². The molecular weight excluding hydrogens is 218 g/mol. The minimum atomic E-state index is 0.370. The maximum absolute atomic E-state index is 5.74. The van der Waals surface area contributed by atoms with Crippen molar-refractivity contribution < 1.29 is 4.74 Å². The highest BCUT2D eigenvalue weighted by Crippen LogP contribution is 2.19. The normalized spacial score (nSPS) is 27.2. The Bertz CT molecular complexity index is 326. The lowest BCUT2D eigenvalue weighted by molar-refractivity contribution is -0.0702. The van der Waals surface area contributed by atoms with Crippen LogP contribution in [0.25, 0.3) is 0 Å². The second-order valence-corrected chi connectivity index (χ2v) is 5.72. The lowest BCUT2D eigenvalue weighted by atomic mass is 10.2. The van der Waals surface area contributed by atoms with Crippen molar-refractivity contribution in [2.45, 2.75) is 45.9 Å². The van der Waals surface area contributed by atoms with E-state index in [1.54, 1.807) is 0 Å². The summed E-state index contributed by atoms with van der Waals surface area (Å²) in [6, 6.07) is 2.34. The van der Waals surface area contributed by atoms with Crippen molar-refractivity contribution >= 4 is 11.3 Å². The Morgan fingerprint density at radius 1 is 1.38 bits per heavy atom. The van der Waals surface area contributed by atoms with E-state index in [4.69, 9.17) is 4.74 Å². The van der Waals surface area contributed by atoms with E-state index in [9.17, 15) is 0 Å². The van der Waals surface area contributed by atoms with Gasteiger partial charge in [0.05, 0.1) is 12.2 Å². The Balaban J connectivity index is 1.93. The van der Waals surface area contributed by atoms with Crippen LogP contribution in [-0.2, 0) is 17.7 Å². The van der Waals surface area contributed by atoms with Gasteiger partial charge in [-0.1, -0.05) is 6.92 Å². The predicted molar refractivity (Wildman–Crippen MR) is 69.0 cm³/mol. The molecule has 16 heavy (non-hydrogen) atoms. The fraction of sp³-hybridized carbons (Fsp3) is 0.692. The number of rotatable bonds is 3. The summed E-state index contributed by atoms with van der Waals surface area (Å²) in [5, 5.41) is 2.28. The standard InChI is InChI=1S/C13H21NOS/c1-4-12-5-13(16-9-12)8-14-6-10(2)15-11(3)7-14/h5,9-11H,4,6-8H2,1-3H3. The average molecular weight is 239 g/mol. The Morgan fingerprint density at radius 2 is 2.06 bits per heavy atom. The summed E-state index contributed by atoms with van der Waals surface area (Å²) in [5.74, 6) is 0. The molecule has 2 heterocycles. The molecule has 3 heteroatoms. The SMILES string of the molecule is CCc1csc(CN2CC(C)OC(C)C2)c1. The van der Waals surface area contributed by atoms with Gasteiger partial charge in [0.1, 0.15) is 0 Å². The van der Waals surface area contributed by atoms with Crippen LogP contribution in [0.1, 0.15) is 31.2 Å². The molecule has 90 valence electrons. The molecule has 0 aromatic carbocycles. The van der Waals surface area contributed by atoms with Gasteiger partial charge in [0.15, 0.2) is 0 Å². The van der Waals surface area contributed by atoms with Crippen LogP contribution in [0.2, 0.25) is 0 Å². The van der Waals surface area contributed by atoms with Crippen molar-refractivity contribution in [1.82, 2.24) is 4.90 Å². The van der Waals surface area contributed by atoms with Crippen molar-refractivity contribution in [2.75, 3.05) is 13.1 Å². The van der Waals surface area contributed by atoms with Crippen molar-refractivity contribution in [1.29, 1.82) is 0 Å². The molecule has 0 bridgehead atoms. The number of nitrogens with zero attached hydrogens (tertiary/aromatic N) is 1. The molecule has 0 spiro atoms. The van der Waals surface area contributed by atoms with Crippen molar-refractivity contribution in [3.05, 3.63) is 21.9 Å². The van der Waals surface area contributed by atoms with Crippen LogP contribution >= 0.6 is 11.3 Å². The number of aryl methyl sites for hydroxylation is 1. The van der Waals surface area contributed by atoms with Crippen LogP contribution in [0, 0.1) is 0 Å². The van der Waals surface area contributed by atoms with Gasteiger partial charge in [0.25, 0.3) is 0 Å². The zero-order valence-corrected chi connectivity index (χ0v) is 11.2. The van der Waals surface area contributed by atoms with Crippen molar-refractivity contribution in [2.24, 2.45) is 0 Å². The van der Waals surface area contributed by atoms with E-state index >= 15 is 0 Å². The molecular formula is C13H21NOS. The third kappa shape index (κ3) is 3.06. The van der Waals surface area contributed by atoms with E-state index in [0.29, 0.717) is 12.2 Å². The van der Waals surface area contributed by atoms with Gasteiger partial charge in [-0.15, -0.1) is 11.3 Å². The maximum Gasteiger partial charge on any atom is 0.0678 e. The number of ether oxygens (including phenoxy) is 1. The molecule has 1 fully saturated rings. The van der Waals surface area contributed by atoms with E-state index in [2.05, 4.69) is 37.1 Å². The first-order chi connectivity index (χ1) is 7.67. The van der Waals surface area contributed by atoms with E-state index in [0.717, 1.165) is 26.1 Å².